The zero-order valence-electron chi connectivity index (χ0n) is 9.42. The van der Waals surface area contributed by atoms with E-state index in [-0.39, 0.29) is 6.04 Å². The number of hydrogen-bond donors (Lipinski definition) is 2. The molecule has 1 fully saturated rings. The first kappa shape index (κ1) is 10.7. The molecule has 1 aromatic heterocycles. The highest BCUT2D eigenvalue weighted by Crippen LogP contribution is 2.31. The van der Waals surface area contributed by atoms with E-state index in [1.165, 1.54) is 0 Å². The van der Waals surface area contributed by atoms with Crippen molar-refractivity contribution in [1.82, 2.24) is 5.32 Å². The summed E-state index contributed by atoms with van der Waals surface area (Å²) in [5.74, 6) is 1.87. The molecular weight excluding hydrogens is 190 g/mol. The van der Waals surface area contributed by atoms with Crippen molar-refractivity contribution in [2.24, 2.45) is 0 Å². The molecule has 0 bridgehead atoms. The first-order valence-corrected chi connectivity index (χ1v) is 5.61. The lowest BCUT2D eigenvalue weighted by atomic mass is 9.80. The van der Waals surface area contributed by atoms with Gasteiger partial charge in [-0.2, -0.15) is 0 Å². The minimum Gasteiger partial charge on any atom is -0.465 e. The van der Waals surface area contributed by atoms with Crippen LogP contribution in [-0.4, -0.2) is 17.3 Å². The average Bonchev–Trinajstić information content (AvgIpc) is 2.58. The van der Waals surface area contributed by atoms with Crippen molar-refractivity contribution in [2.45, 2.75) is 44.8 Å². The summed E-state index contributed by atoms with van der Waals surface area (Å²) in [6, 6.07) is 4.12. The van der Waals surface area contributed by atoms with Gasteiger partial charge in [-0.25, -0.2) is 0 Å². The van der Waals surface area contributed by atoms with Crippen LogP contribution < -0.4 is 5.32 Å². The van der Waals surface area contributed by atoms with Gasteiger partial charge in [-0.15, -0.1) is 0 Å². The van der Waals surface area contributed by atoms with Crippen LogP contribution in [0.3, 0.4) is 0 Å². The van der Waals surface area contributed by atoms with Gasteiger partial charge in [0.05, 0.1) is 11.6 Å². The van der Waals surface area contributed by atoms with E-state index < -0.39 is 5.60 Å². The van der Waals surface area contributed by atoms with Gasteiger partial charge in [0.1, 0.15) is 11.5 Å². The lowest BCUT2D eigenvalue weighted by molar-refractivity contribution is -0.0332. The molecule has 1 aliphatic carbocycles. The summed E-state index contributed by atoms with van der Waals surface area (Å²) < 4.78 is 5.52. The van der Waals surface area contributed by atoms with Crippen molar-refractivity contribution in [3.8, 4) is 0 Å². The Balaban J connectivity index is 1.84. The molecule has 0 spiro atoms. The molecule has 1 aliphatic rings. The molecule has 0 saturated heterocycles. The highest BCUT2D eigenvalue weighted by atomic mass is 16.3. The van der Waals surface area contributed by atoms with Crippen LogP contribution in [0.5, 0.6) is 0 Å². The van der Waals surface area contributed by atoms with Gasteiger partial charge >= 0.3 is 0 Å². The van der Waals surface area contributed by atoms with Crippen LogP contribution in [0.1, 0.15) is 43.7 Å². The van der Waals surface area contributed by atoms with E-state index in [2.05, 4.69) is 12.2 Å². The smallest absolute Gasteiger partial charge is 0.120 e. The largest absolute Gasteiger partial charge is 0.465 e. The number of hydrogen-bond acceptors (Lipinski definition) is 3. The summed E-state index contributed by atoms with van der Waals surface area (Å²) in [5, 5.41) is 13.2. The fourth-order valence-electron chi connectivity index (χ4n) is 1.89. The summed E-state index contributed by atoms with van der Waals surface area (Å²) in [5.41, 5.74) is -0.462. The first-order valence-electron chi connectivity index (χ1n) is 5.61. The zero-order chi connectivity index (χ0) is 10.9. The quantitative estimate of drug-likeness (QED) is 0.798. The molecule has 15 heavy (non-hydrogen) atoms. The van der Waals surface area contributed by atoms with Crippen LogP contribution in [0.15, 0.2) is 16.5 Å². The van der Waals surface area contributed by atoms with E-state index >= 15 is 0 Å². The Morgan fingerprint density at radius 1 is 1.53 bits per heavy atom. The molecule has 0 radical (unpaired) electrons. The summed E-state index contributed by atoms with van der Waals surface area (Å²) >= 11 is 0. The maximum Gasteiger partial charge on any atom is 0.120 e. The molecule has 1 unspecified atom stereocenters. The normalized spacial score (nSPS) is 21.0. The predicted molar refractivity (Wildman–Crippen MR) is 58.7 cm³/mol. The number of aliphatic hydroxyl groups is 1. The Morgan fingerprint density at radius 3 is 2.73 bits per heavy atom. The average molecular weight is 209 g/mol. The molecular formula is C12H19NO2. The minimum atomic E-state index is -0.462. The minimum absolute atomic E-state index is 0.170. The monoisotopic (exact) mass is 209 g/mol. The zero-order valence-corrected chi connectivity index (χ0v) is 9.42. The highest BCUT2D eigenvalue weighted by Gasteiger charge is 2.34. The van der Waals surface area contributed by atoms with E-state index in [1.807, 2.05) is 19.1 Å². The predicted octanol–water partition coefficient (Wildman–Crippen LogP) is 2.15. The van der Waals surface area contributed by atoms with Crippen LogP contribution in [0, 0.1) is 6.92 Å². The molecule has 1 atom stereocenters. The summed E-state index contributed by atoms with van der Waals surface area (Å²) in [6.45, 7) is 4.66. The van der Waals surface area contributed by atoms with Crippen LogP contribution in [0.2, 0.25) is 0 Å². The Hall–Kier alpha value is -0.800. The fraction of sp³-hybridized carbons (Fsp3) is 0.667. The molecule has 1 saturated carbocycles. The van der Waals surface area contributed by atoms with Crippen LogP contribution in [0.4, 0.5) is 0 Å². The van der Waals surface area contributed by atoms with Crippen molar-refractivity contribution in [2.75, 3.05) is 6.54 Å². The molecule has 2 rings (SSSR count). The lowest BCUT2D eigenvalue weighted by Crippen LogP contribution is -2.46. The Bertz CT molecular complexity index is 328. The van der Waals surface area contributed by atoms with E-state index in [1.54, 1.807) is 0 Å². The topological polar surface area (TPSA) is 45.4 Å². The maximum atomic E-state index is 9.92. The summed E-state index contributed by atoms with van der Waals surface area (Å²) in [4.78, 5) is 0. The molecule has 0 aliphatic heterocycles. The number of aryl methyl sites for hydroxylation is 1. The second kappa shape index (κ2) is 3.99. The maximum absolute atomic E-state index is 9.92. The third-order valence-electron chi connectivity index (χ3n) is 3.21. The Kier molecular flexibility index (Phi) is 2.85. The first-order chi connectivity index (χ1) is 7.09. The van der Waals surface area contributed by atoms with E-state index in [0.717, 1.165) is 30.8 Å². The third-order valence-corrected chi connectivity index (χ3v) is 3.21. The van der Waals surface area contributed by atoms with Gasteiger partial charge in [-0.05, 0) is 45.2 Å². The van der Waals surface area contributed by atoms with Gasteiger partial charge < -0.3 is 14.8 Å². The Morgan fingerprint density at radius 2 is 2.27 bits per heavy atom. The van der Waals surface area contributed by atoms with E-state index in [4.69, 9.17) is 4.42 Å². The second-order valence-corrected chi connectivity index (χ2v) is 4.63. The van der Waals surface area contributed by atoms with Crippen molar-refractivity contribution < 1.29 is 9.52 Å². The van der Waals surface area contributed by atoms with Crippen LogP contribution in [0.25, 0.3) is 0 Å². The molecule has 3 heteroatoms. The summed E-state index contributed by atoms with van der Waals surface area (Å²) in [6.07, 6.45) is 2.99. The van der Waals surface area contributed by atoms with Gasteiger partial charge in [0.25, 0.3) is 0 Å². The van der Waals surface area contributed by atoms with Crippen molar-refractivity contribution >= 4 is 0 Å². The van der Waals surface area contributed by atoms with E-state index in [9.17, 15) is 5.11 Å². The molecule has 2 N–H and O–H groups in total. The van der Waals surface area contributed by atoms with Crippen molar-refractivity contribution in [3.05, 3.63) is 23.7 Å². The molecule has 1 aromatic rings. The molecule has 84 valence electrons. The molecule has 1 heterocycles. The molecule has 0 aromatic carbocycles. The van der Waals surface area contributed by atoms with Crippen molar-refractivity contribution in [1.29, 1.82) is 0 Å². The van der Waals surface area contributed by atoms with Gasteiger partial charge in [-0.1, -0.05) is 0 Å². The number of rotatable bonds is 4. The fourth-order valence-corrected chi connectivity index (χ4v) is 1.89. The van der Waals surface area contributed by atoms with E-state index in [0.29, 0.717) is 6.54 Å². The highest BCUT2D eigenvalue weighted by molar-refractivity contribution is 5.09. The molecule has 3 nitrogen and oxygen atoms in total. The third kappa shape index (κ3) is 2.41. The number of nitrogens with one attached hydrogen (secondary N) is 1. The summed E-state index contributed by atoms with van der Waals surface area (Å²) in [7, 11) is 0. The van der Waals surface area contributed by atoms with Gasteiger partial charge in [-0.3, -0.25) is 0 Å². The molecule has 0 amide bonds. The standard InChI is InChI=1S/C12H19NO2/c1-9-4-5-11(15-9)10(2)13-8-12(14)6-3-7-12/h4-5,10,13-14H,3,6-8H2,1-2H3. The second-order valence-electron chi connectivity index (χ2n) is 4.63. The SMILES string of the molecule is Cc1ccc(C(C)NCC2(O)CCC2)o1. The van der Waals surface area contributed by atoms with Crippen LogP contribution in [-0.2, 0) is 0 Å². The Labute approximate surface area is 90.5 Å². The lowest BCUT2D eigenvalue weighted by Gasteiger charge is -2.37. The number of furan rings is 1. The van der Waals surface area contributed by atoms with Gasteiger partial charge in [0.2, 0.25) is 0 Å². The van der Waals surface area contributed by atoms with Gasteiger partial charge in [0.15, 0.2) is 0 Å². The van der Waals surface area contributed by atoms with Gasteiger partial charge in [0, 0.05) is 6.54 Å². The van der Waals surface area contributed by atoms with Crippen LogP contribution >= 0.6 is 0 Å². The van der Waals surface area contributed by atoms with Crippen molar-refractivity contribution in [3.63, 3.8) is 0 Å².